The van der Waals surface area contributed by atoms with E-state index in [1.165, 1.54) is 18.4 Å². The number of hydrogen-bond acceptors (Lipinski definition) is 3. The number of aromatic nitrogens is 2. The molecule has 0 aromatic carbocycles. The highest BCUT2D eigenvalue weighted by Gasteiger charge is 2.39. The molecule has 0 aliphatic heterocycles. The van der Waals surface area contributed by atoms with Gasteiger partial charge in [0.25, 0.3) is 5.91 Å². The van der Waals surface area contributed by atoms with Crippen LogP contribution in [0.15, 0.2) is 17.3 Å². The molecule has 6 heteroatoms. The quantitative estimate of drug-likeness (QED) is 0.656. The van der Waals surface area contributed by atoms with Crippen LogP contribution in [-0.2, 0) is 11.2 Å². The molecule has 3 fully saturated rings. The van der Waals surface area contributed by atoms with E-state index in [1.54, 1.807) is 11.8 Å². The van der Waals surface area contributed by atoms with Gasteiger partial charge in [-0.15, -0.1) is 0 Å². The Bertz CT molecular complexity index is 731. The van der Waals surface area contributed by atoms with Gasteiger partial charge in [-0.05, 0) is 44.9 Å². The minimum Gasteiger partial charge on any atom is -0.355 e. The van der Waals surface area contributed by atoms with Crippen molar-refractivity contribution in [1.82, 2.24) is 20.8 Å². The summed E-state index contributed by atoms with van der Waals surface area (Å²) in [4.78, 5) is 24.8. The number of aromatic amines is 1. The zero-order valence-electron chi connectivity index (χ0n) is 15.5. The highest BCUT2D eigenvalue weighted by atomic mass is 16.2. The molecule has 0 unspecified atom stereocenters. The molecule has 3 saturated carbocycles. The number of nitrogens with one attached hydrogen (secondary N) is 3. The third-order valence-electron chi connectivity index (χ3n) is 6.36. The van der Waals surface area contributed by atoms with E-state index in [2.05, 4.69) is 20.8 Å². The predicted octanol–water partition coefficient (Wildman–Crippen LogP) is 2.49. The molecule has 3 N–H and O–H groups in total. The number of amides is 2. The van der Waals surface area contributed by atoms with Gasteiger partial charge in [-0.25, -0.2) is 0 Å². The maximum atomic E-state index is 12.4. The summed E-state index contributed by atoms with van der Waals surface area (Å²) in [6.07, 6.45) is 10.2. The van der Waals surface area contributed by atoms with Crippen LogP contribution in [0.4, 0.5) is 0 Å². The number of carbonyl (C=O) groups is 2. The summed E-state index contributed by atoms with van der Waals surface area (Å²) in [5.74, 6) is 0.257. The molecule has 26 heavy (non-hydrogen) atoms. The Balaban J connectivity index is 1.25. The van der Waals surface area contributed by atoms with Crippen LogP contribution in [-0.4, -0.2) is 35.1 Å². The van der Waals surface area contributed by atoms with Crippen molar-refractivity contribution in [2.75, 3.05) is 13.1 Å². The summed E-state index contributed by atoms with van der Waals surface area (Å²) in [5.41, 5.74) is 4.63. The molecule has 0 bridgehead atoms. The van der Waals surface area contributed by atoms with Crippen LogP contribution in [0.1, 0.15) is 67.9 Å². The monoisotopic (exact) mass is 356 g/mol. The fourth-order valence-electron chi connectivity index (χ4n) is 4.07. The molecule has 1 aromatic heterocycles. The van der Waals surface area contributed by atoms with Gasteiger partial charge in [0.2, 0.25) is 5.91 Å². The van der Waals surface area contributed by atoms with Crippen molar-refractivity contribution >= 4 is 11.8 Å². The van der Waals surface area contributed by atoms with Gasteiger partial charge >= 0.3 is 0 Å². The number of rotatable bonds is 7. The Morgan fingerprint density at radius 2 is 1.92 bits per heavy atom. The second-order valence-electron chi connectivity index (χ2n) is 8.19. The normalized spacial score (nSPS) is 23.0. The maximum absolute atomic E-state index is 12.4. The van der Waals surface area contributed by atoms with Crippen molar-refractivity contribution in [2.24, 2.45) is 11.3 Å². The van der Waals surface area contributed by atoms with Gasteiger partial charge in [-0.1, -0.05) is 24.5 Å². The average Bonchev–Trinajstić information content (AvgIpc) is 3.27. The molecule has 6 nitrogen and oxygen atoms in total. The zero-order valence-corrected chi connectivity index (χ0v) is 15.5. The predicted molar refractivity (Wildman–Crippen MR) is 98.6 cm³/mol. The van der Waals surface area contributed by atoms with E-state index in [1.807, 2.05) is 6.92 Å². The highest BCUT2D eigenvalue weighted by molar-refractivity contribution is 5.93. The first-order chi connectivity index (χ1) is 12.6. The lowest BCUT2D eigenvalue weighted by molar-refractivity contribution is -0.127. The van der Waals surface area contributed by atoms with Gasteiger partial charge in [0, 0.05) is 30.0 Å². The molecule has 1 heterocycles. The van der Waals surface area contributed by atoms with Crippen LogP contribution in [0, 0.1) is 11.3 Å². The minimum absolute atomic E-state index is 0.0131. The topological polar surface area (TPSA) is 86.9 Å². The van der Waals surface area contributed by atoms with Gasteiger partial charge in [0.15, 0.2) is 0 Å². The molecule has 140 valence electrons. The van der Waals surface area contributed by atoms with Crippen molar-refractivity contribution in [3.05, 3.63) is 28.6 Å². The van der Waals surface area contributed by atoms with E-state index in [0.29, 0.717) is 18.8 Å². The molecule has 3 aliphatic carbocycles. The highest BCUT2D eigenvalue weighted by Crippen LogP contribution is 2.44. The van der Waals surface area contributed by atoms with E-state index >= 15 is 0 Å². The first-order valence-corrected chi connectivity index (χ1v) is 9.88. The van der Waals surface area contributed by atoms with Crippen LogP contribution in [0.3, 0.4) is 0 Å². The van der Waals surface area contributed by atoms with Gasteiger partial charge in [-0.2, -0.15) is 5.10 Å². The molecule has 0 radical (unpaired) electrons. The molecule has 0 atom stereocenters. The van der Waals surface area contributed by atoms with Crippen LogP contribution in [0.25, 0.3) is 0 Å². The van der Waals surface area contributed by atoms with Crippen molar-refractivity contribution in [2.45, 2.75) is 58.3 Å². The van der Waals surface area contributed by atoms with Crippen molar-refractivity contribution in [3.63, 3.8) is 0 Å². The molecule has 0 saturated heterocycles. The molecule has 0 spiro atoms. The standard InChI is InChI=1S/C20H28N4O2/c1-2-13-10-23-24-17(13)19(26)22-12-20(6-3-7-20)11-21-18(25)16-8-15(9-16)14-4-5-14/h10,16H,2-9,11-12H2,1H3,(H,21,25)(H,22,26)(H,23,24). The lowest BCUT2D eigenvalue weighted by Gasteiger charge is -2.42. The number of nitrogens with zero attached hydrogens (tertiary/aromatic N) is 1. The summed E-state index contributed by atoms with van der Waals surface area (Å²) in [6, 6.07) is 0. The largest absolute Gasteiger partial charge is 0.355 e. The number of H-pyrrole nitrogens is 1. The Labute approximate surface area is 154 Å². The van der Waals surface area contributed by atoms with Gasteiger partial charge in [0.1, 0.15) is 5.69 Å². The van der Waals surface area contributed by atoms with Crippen molar-refractivity contribution < 1.29 is 9.59 Å². The summed E-state index contributed by atoms with van der Waals surface area (Å²) in [5, 5.41) is 13.0. The Morgan fingerprint density at radius 1 is 1.19 bits per heavy atom. The second-order valence-corrected chi connectivity index (χ2v) is 8.19. The second kappa shape index (κ2) is 6.89. The fourth-order valence-corrected chi connectivity index (χ4v) is 4.07. The van der Waals surface area contributed by atoms with Gasteiger partial charge in [0.05, 0.1) is 6.20 Å². The Morgan fingerprint density at radius 3 is 2.54 bits per heavy atom. The summed E-state index contributed by atoms with van der Waals surface area (Å²) < 4.78 is 0. The fraction of sp³-hybridized carbons (Fsp3) is 0.650. The van der Waals surface area contributed by atoms with Crippen LogP contribution < -0.4 is 10.6 Å². The minimum atomic E-state index is -0.100. The van der Waals surface area contributed by atoms with E-state index in [-0.39, 0.29) is 23.1 Å². The first-order valence-electron chi connectivity index (χ1n) is 9.88. The van der Waals surface area contributed by atoms with Crippen LogP contribution in [0.5, 0.6) is 0 Å². The molecule has 4 rings (SSSR count). The molecule has 3 aliphatic rings. The lowest BCUT2D eigenvalue weighted by Crippen LogP contribution is -2.50. The number of carbonyl (C=O) groups excluding carboxylic acids is 2. The molecular formula is C20H28N4O2. The summed E-state index contributed by atoms with van der Waals surface area (Å²) in [7, 11) is 0. The summed E-state index contributed by atoms with van der Waals surface area (Å²) >= 11 is 0. The summed E-state index contributed by atoms with van der Waals surface area (Å²) in [6.45, 7) is 3.28. The molecule has 2 amide bonds. The number of hydrogen-bond donors (Lipinski definition) is 3. The third-order valence-corrected chi connectivity index (χ3v) is 6.36. The van der Waals surface area contributed by atoms with Gasteiger partial charge in [-0.3, -0.25) is 14.7 Å². The third kappa shape index (κ3) is 3.41. The van der Waals surface area contributed by atoms with E-state index in [4.69, 9.17) is 0 Å². The average molecular weight is 356 g/mol. The Kier molecular flexibility index (Phi) is 4.59. The SMILES string of the molecule is CCc1cn[nH]c1C(=O)NCC1(CNC(=O)C2CC(=C3CC3)C2)CCC1. The first kappa shape index (κ1) is 17.3. The van der Waals surface area contributed by atoms with E-state index in [0.717, 1.165) is 44.1 Å². The maximum Gasteiger partial charge on any atom is 0.269 e. The van der Waals surface area contributed by atoms with E-state index < -0.39 is 0 Å². The van der Waals surface area contributed by atoms with Gasteiger partial charge < -0.3 is 10.6 Å². The van der Waals surface area contributed by atoms with Crippen molar-refractivity contribution in [1.29, 1.82) is 0 Å². The lowest BCUT2D eigenvalue weighted by atomic mass is 9.68. The number of aryl methyl sites for hydroxylation is 1. The van der Waals surface area contributed by atoms with Crippen molar-refractivity contribution in [3.8, 4) is 0 Å². The smallest absolute Gasteiger partial charge is 0.269 e. The van der Waals surface area contributed by atoms with E-state index in [9.17, 15) is 9.59 Å². The number of allylic oxidation sites excluding steroid dienone is 2. The molecule has 1 aromatic rings. The Hall–Kier alpha value is -2.11. The van der Waals surface area contributed by atoms with Crippen LogP contribution in [0.2, 0.25) is 0 Å². The zero-order chi connectivity index (χ0) is 18.1. The van der Waals surface area contributed by atoms with Crippen LogP contribution >= 0.6 is 0 Å². The molecular weight excluding hydrogens is 328 g/mol.